The van der Waals surface area contributed by atoms with E-state index in [0.29, 0.717) is 11.1 Å². The van der Waals surface area contributed by atoms with Gasteiger partial charge in [0, 0.05) is 6.08 Å². The molecule has 0 bridgehead atoms. The van der Waals surface area contributed by atoms with E-state index in [9.17, 15) is 4.39 Å². The van der Waals surface area contributed by atoms with E-state index in [1.165, 1.54) is 0 Å². The van der Waals surface area contributed by atoms with Crippen LogP contribution in [0.4, 0.5) is 4.39 Å². The van der Waals surface area contributed by atoms with Crippen molar-refractivity contribution in [3.05, 3.63) is 35.7 Å². The Kier molecular flexibility index (Phi) is 2.27. The normalized spacial score (nSPS) is 17.3. The fourth-order valence-corrected chi connectivity index (χ4v) is 1.15. The molecule has 1 rings (SSSR count). The molecule has 0 saturated heterocycles. The lowest BCUT2D eigenvalue weighted by Crippen LogP contribution is -2.16. The largest absolute Gasteiger partial charge is 0.235 e. The van der Waals surface area contributed by atoms with Crippen LogP contribution in [0, 0.1) is 0 Å². The standard InChI is InChI=1S/C10H13FN/c1-7-5-6-9(12(3)4)8(2)10(7)11/h5-6H,2H2,1,3-4H3/q+1. The van der Waals surface area contributed by atoms with Gasteiger partial charge in [0.05, 0.1) is 5.57 Å². The maximum absolute atomic E-state index is 13.3. The third kappa shape index (κ3) is 1.37. The molecular weight excluding hydrogens is 153 g/mol. The van der Waals surface area contributed by atoms with Crippen molar-refractivity contribution in [3.63, 3.8) is 0 Å². The molecule has 1 aliphatic rings. The maximum Gasteiger partial charge on any atom is 0.209 e. The molecule has 0 N–H and O–H groups in total. The molecule has 1 aliphatic carbocycles. The molecule has 0 aliphatic heterocycles. The highest BCUT2D eigenvalue weighted by atomic mass is 19.1. The SMILES string of the molecule is C=C1C(F)=C(C)C=CC1=[N+](C)C. The van der Waals surface area contributed by atoms with Gasteiger partial charge >= 0.3 is 0 Å². The molecule has 2 heteroatoms. The minimum Gasteiger partial charge on any atom is -0.235 e. The molecule has 0 aromatic heterocycles. The third-order valence-electron chi connectivity index (χ3n) is 1.89. The molecule has 0 aromatic carbocycles. The zero-order valence-corrected chi connectivity index (χ0v) is 7.69. The highest BCUT2D eigenvalue weighted by Crippen LogP contribution is 2.21. The summed E-state index contributed by atoms with van der Waals surface area (Å²) in [5.74, 6) is -0.207. The molecule has 0 saturated carbocycles. The first-order valence-electron chi connectivity index (χ1n) is 3.82. The highest BCUT2D eigenvalue weighted by molar-refractivity contribution is 6.08. The van der Waals surface area contributed by atoms with Crippen LogP contribution in [0.15, 0.2) is 35.7 Å². The summed E-state index contributed by atoms with van der Waals surface area (Å²) in [6, 6.07) is 0. The summed E-state index contributed by atoms with van der Waals surface area (Å²) in [5.41, 5.74) is 1.95. The van der Waals surface area contributed by atoms with E-state index in [1.807, 2.05) is 24.7 Å². The van der Waals surface area contributed by atoms with E-state index in [0.717, 1.165) is 5.71 Å². The number of rotatable bonds is 0. The zero-order valence-electron chi connectivity index (χ0n) is 7.69. The van der Waals surface area contributed by atoms with Crippen LogP contribution in [0.25, 0.3) is 0 Å². The van der Waals surface area contributed by atoms with Crippen molar-refractivity contribution < 1.29 is 8.97 Å². The predicted octanol–water partition coefficient (Wildman–Crippen LogP) is 2.07. The summed E-state index contributed by atoms with van der Waals surface area (Å²) < 4.78 is 15.1. The van der Waals surface area contributed by atoms with Crippen molar-refractivity contribution in [2.45, 2.75) is 6.92 Å². The van der Waals surface area contributed by atoms with Gasteiger partial charge in [-0.05, 0) is 18.6 Å². The zero-order chi connectivity index (χ0) is 9.30. The van der Waals surface area contributed by atoms with Crippen molar-refractivity contribution in [3.8, 4) is 0 Å². The molecule has 0 fully saturated rings. The van der Waals surface area contributed by atoms with E-state index in [1.54, 1.807) is 13.0 Å². The van der Waals surface area contributed by atoms with Gasteiger partial charge in [-0.1, -0.05) is 6.58 Å². The molecular formula is C10H13FN+. The van der Waals surface area contributed by atoms with Crippen LogP contribution in [0.1, 0.15) is 6.92 Å². The molecule has 0 amide bonds. The quantitative estimate of drug-likeness (QED) is 0.485. The number of halogens is 1. The second kappa shape index (κ2) is 3.05. The van der Waals surface area contributed by atoms with Crippen molar-refractivity contribution in [2.24, 2.45) is 0 Å². The molecule has 1 nitrogen and oxygen atoms in total. The maximum atomic E-state index is 13.3. The van der Waals surface area contributed by atoms with Gasteiger partial charge in [0.15, 0.2) is 0 Å². The molecule has 0 atom stereocenters. The minimum atomic E-state index is -0.207. The van der Waals surface area contributed by atoms with Gasteiger partial charge in [-0.2, -0.15) is 0 Å². The Balaban J connectivity index is 3.19. The first-order valence-corrected chi connectivity index (χ1v) is 3.82. The van der Waals surface area contributed by atoms with Crippen LogP contribution in [0.3, 0.4) is 0 Å². The summed E-state index contributed by atoms with van der Waals surface area (Å²) in [4.78, 5) is 0. The number of hydrogen-bond donors (Lipinski definition) is 0. The van der Waals surface area contributed by atoms with Crippen LogP contribution in [0.2, 0.25) is 0 Å². The summed E-state index contributed by atoms with van der Waals surface area (Å²) >= 11 is 0. The Morgan fingerprint density at radius 3 is 2.42 bits per heavy atom. The van der Waals surface area contributed by atoms with Crippen molar-refractivity contribution in [2.75, 3.05) is 14.1 Å². The van der Waals surface area contributed by atoms with Crippen LogP contribution >= 0.6 is 0 Å². The second-order valence-electron chi connectivity index (χ2n) is 3.09. The minimum absolute atomic E-state index is 0.207. The first-order chi connectivity index (χ1) is 5.54. The van der Waals surface area contributed by atoms with Gasteiger partial charge in [-0.15, -0.1) is 0 Å². The van der Waals surface area contributed by atoms with Crippen LogP contribution in [-0.4, -0.2) is 24.4 Å². The average Bonchev–Trinajstić information content (AvgIpc) is 2.00. The van der Waals surface area contributed by atoms with Crippen LogP contribution in [0.5, 0.6) is 0 Å². The molecule has 12 heavy (non-hydrogen) atoms. The Hall–Kier alpha value is -1.18. The summed E-state index contributed by atoms with van der Waals surface area (Å²) in [5, 5.41) is 0. The number of hydrogen-bond acceptors (Lipinski definition) is 0. The molecule has 0 spiro atoms. The summed E-state index contributed by atoms with van der Waals surface area (Å²) in [7, 11) is 3.75. The molecule has 0 heterocycles. The summed E-state index contributed by atoms with van der Waals surface area (Å²) in [6.07, 6.45) is 3.64. The smallest absolute Gasteiger partial charge is 0.209 e. The van der Waals surface area contributed by atoms with E-state index in [2.05, 4.69) is 6.58 Å². The van der Waals surface area contributed by atoms with Gasteiger partial charge in [-0.25, -0.2) is 8.97 Å². The van der Waals surface area contributed by atoms with E-state index >= 15 is 0 Å². The van der Waals surface area contributed by atoms with E-state index in [4.69, 9.17) is 0 Å². The third-order valence-corrected chi connectivity index (χ3v) is 1.89. The topological polar surface area (TPSA) is 3.01 Å². The summed E-state index contributed by atoms with van der Waals surface area (Å²) in [6.45, 7) is 5.42. The van der Waals surface area contributed by atoms with Gasteiger partial charge in [-0.3, -0.25) is 0 Å². The Morgan fingerprint density at radius 2 is 1.92 bits per heavy atom. The lowest BCUT2D eigenvalue weighted by atomic mass is 10.0. The average molecular weight is 166 g/mol. The monoisotopic (exact) mass is 166 g/mol. The van der Waals surface area contributed by atoms with Crippen molar-refractivity contribution >= 4 is 5.71 Å². The highest BCUT2D eigenvalue weighted by Gasteiger charge is 2.19. The molecule has 0 aromatic rings. The van der Waals surface area contributed by atoms with Crippen molar-refractivity contribution in [1.82, 2.24) is 0 Å². The van der Waals surface area contributed by atoms with Gasteiger partial charge in [0.2, 0.25) is 5.71 Å². The van der Waals surface area contributed by atoms with Crippen LogP contribution in [-0.2, 0) is 0 Å². The van der Waals surface area contributed by atoms with Gasteiger partial charge < -0.3 is 0 Å². The Morgan fingerprint density at radius 1 is 1.33 bits per heavy atom. The van der Waals surface area contributed by atoms with Gasteiger partial charge in [0.1, 0.15) is 19.9 Å². The van der Waals surface area contributed by atoms with Crippen molar-refractivity contribution in [1.29, 1.82) is 0 Å². The molecule has 0 unspecified atom stereocenters. The fraction of sp³-hybridized carbons (Fsp3) is 0.300. The van der Waals surface area contributed by atoms with E-state index in [-0.39, 0.29) is 5.83 Å². The fourth-order valence-electron chi connectivity index (χ4n) is 1.15. The molecule has 64 valence electrons. The Bertz CT molecular complexity index is 315. The first kappa shape index (κ1) is 8.91. The molecule has 0 radical (unpaired) electrons. The predicted molar refractivity (Wildman–Crippen MR) is 49.2 cm³/mol. The van der Waals surface area contributed by atoms with E-state index < -0.39 is 0 Å². The number of nitrogens with zero attached hydrogens (tertiary/aromatic N) is 1. The number of allylic oxidation sites excluding steroid dienone is 5. The lowest BCUT2D eigenvalue weighted by Gasteiger charge is -2.08. The Labute approximate surface area is 72.2 Å². The van der Waals surface area contributed by atoms with Gasteiger partial charge in [0.25, 0.3) is 0 Å². The lowest BCUT2D eigenvalue weighted by molar-refractivity contribution is -0.463. The van der Waals surface area contributed by atoms with Crippen LogP contribution < -0.4 is 0 Å². The second-order valence-corrected chi connectivity index (χ2v) is 3.09.